The largest absolute Gasteiger partial charge is 0.325 e. The number of fused-ring (bicyclic) bond motifs is 1. The van der Waals surface area contributed by atoms with Gasteiger partial charge in [-0.3, -0.25) is 14.5 Å². The maximum atomic E-state index is 13.2. The molecule has 0 bridgehead atoms. The third-order valence-corrected chi connectivity index (χ3v) is 4.56. The van der Waals surface area contributed by atoms with Gasteiger partial charge in [0.25, 0.3) is 0 Å². The molecule has 0 unspecified atom stereocenters. The summed E-state index contributed by atoms with van der Waals surface area (Å²) in [7, 11) is 1.69. The number of likely N-dealkylation sites (N-methyl/N-ethyl adjacent to an activating group) is 1. The van der Waals surface area contributed by atoms with Crippen molar-refractivity contribution in [3.8, 4) is 0 Å². The van der Waals surface area contributed by atoms with Gasteiger partial charge in [0.15, 0.2) is 0 Å². The molecule has 0 aromatic heterocycles. The van der Waals surface area contributed by atoms with Crippen LogP contribution in [0.2, 0.25) is 0 Å². The van der Waals surface area contributed by atoms with Gasteiger partial charge in [0, 0.05) is 11.4 Å². The molecule has 3 aromatic carbocycles. The van der Waals surface area contributed by atoms with E-state index in [0.29, 0.717) is 11.4 Å². The molecule has 0 saturated carbocycles. The highest BCUT2D eigenvalue weighted by Gasteiger charge is 2.20. The molecule has 6 heteroatoms. The number of amides is 2. The van der Waals surface area contributed by atoms with Crippen LogP contribution < -0.4 is 10.6 Å². The molecule has 0 heterocycles. The minimum Gasteiger partial charge on any atom is -0.325 e. The number of benzene rings is 3. The number of hydrogen-bond acceptors (Lipinski definition) is 3. The molecule has 2 amide bonds. The van der Waals surface area contributed by atoms with Crippen molar-refractivity contribution in [3.05, 3.63) is 72.5 Å². The molecular formula is C22H22FN3O2. The Kier molecular flexibility index (Phi) is 6.01. The Morgan fingerprint density at radius 3 is 2.39 bits per heavy atom. The van der Waals surface area contributed by atoms with E-state index in [1.807, 2.05) is 42.5 Å². The standard InChI is InChI=1S/C22H22FN3O2/c1-15(26(2)14-21(27)24-19-9-5-8-18(23)13-19)22(28)25-20-11-10-16-6-3-4-7-17(16)12-20/h3-13,15H,14H2,1-2H3,(H,24,27)(H,25,28)/t15-/m1/s1. The average molecular weight is 379 g/mol. The molecule has 0 spiro atoms. The Morgan fingerprint density at radius 2 is 1.64 bits per heavy atom. The second-order valence-electron chi connectivity index (χ2n) is 6.70. The molecule has 3 rings (SSSR count). The highest BCUT2D eigenvalue weighted by atomic mass is 19.1. The zero-order valence-corrected chi connectivity index (χ0v) is 15.8. The lowest BCUT2D eigenvalue weighted by molar-refractivity contribution is -0.122. The molecule has 0 aliphatic heterocycles. The number of halogens is 1. The van der Waals surface area contributed by atoms with Gasteiger partial charge in [-0.05, 0) is 55.1 Å². The lowest BCUT2D eigenvalue weighted by Gasteiger charge is -2.23. The van der Waals surface area contributed by atoms with Crippen LogP contribution in [0.5, 0.6) is 0 Å². The van der Waals surface area contributed by atoms with Gasteiger partial charge in [-0.15, -0.1) is 0 Å². The van der Waals surface area contributed by atoms with Crippen molar-refractivity contribution < 1.29 is 14.0 Å². The van der Waals surface area contributed by atoms with Crippen molar-refractivity contribution >= 4 is 34.0 Å². The number of carbonyl (C=O) groups is 2. The van der Waals surface area contributed by atoms with Crippen molar-refractivity contribution in [2.24, 2.45) is 0 Å². The second-order valence-corrected chi connectivity index (χ2v) is 6.70. The van der Waals surface area contributed by atoms with E-state index in [0.717, 1.165) is 10.8 Å². The van der Waals surface area contributed by atoms with Gasteiger partial charge >= 0.3 is 0 Å². The van der Waals surface area contributed by atoms with E-state index >= 15 is 0 Å². The van der Waals surface area contributed by atoms with E-state index in [1.165, 1.54) is 18.2 Å². The molecule has 3 aromatic rings. The minimum absolute atomic E-state index is 0.00280. The van der Waals surface area contributed by atoms with Crippen LogP contribution in [-0.4, -0.2) is 36.3 Å². The first-order chi connectivity index (χ1) is 13.4. The van der Waals surface area contributed by atoms with E-state index in [4.69, 9.17) is 0 Å². The fraction of sp³-hybridized carbons (Fsp3) is 0.182. The first-order valence-corrected chi connectivity index (χ1v) is 8.98. The van der Waals surface area contributed by atoms with Gasteiger partial charge in [-0.2, -0.15) is 0 Å². The highest BCUT2D eigenvalue weighted by Crippen LogP contribution is 2.19. The zero-order chi connectivity index (χ0) is 20.1. The van der Waals surface area contributed by atoms with E-state index < -0.39 is 11.9 Å². The van der Waals surface area contributed by atoms with Crippen LogP contribution in [0.1, 0.15) is 6.92 Å². The maximum Gasteiger partial charge on any atom is 0.241 e. The highest BCUT2D eigenvalue weighted by molar-refractivity contribution is 5.98. The van der Waals surface area contributed by atoms with E-state index in [1.54, 1.807) is 24.9 Å². The molecule has 144 valence electrons. The predicted molar refractivity (Wildman–Crippen MR) is 110 cm³/mol. The topological polar surface area (TPSA) is 61.4 Å². The Hall–Kier alpha value is -3.25. The molecule has 0 aliphatic rings. The Balaban J connectivity index is 1.57. The van der Waals surface area contributed by atoms with Gasteiger partial charge < -0.3 is 10.6 Å². The van der Waals surface area contributed by atoms with Gasteiger partial charge in [0.1, 0.15) is 5.82 Å². The number of carbonyl (C=O) groups excluding carboxylic acids is 2. The van der Waals surface area contributed by atoms with Crippen molar-refractivity contribution in [3.63, 3.8) is 0 Å². The molecular weight excluding hydrogens is 357 g/mol. The molecule has 0 aliphatic carbocycles. The van der Waals surface area contributed by atoms with Gasteiger partial charge in [-0.25, -0.2) is 4.39 Å². The first-order valence-electron chi connectivity index (χ1n) is 8.98. The summed E-state index contributed by atoms with van der Waals surface area (Å²) >= 11 is 0. The maximum absolute atomic E-state index is 13.2. The van der Waals surface area contributed by atoms with Crippen LogP contribution in [0.15, 0.2) is 66.7 Å². The summed E-state index contributed by atoms with van der Waals surface area (Å²) in [4.78, 5) is 26.3. The molecule has 5 nitrogen and oxygen atoms in total. The van der Waals surface area contributed by atoms with Gasteiger partial charge in [0.05, 0.1) is 12.6 Å². The number of nitrogens with one attached hydrogen (secondary N) is 2. The van der Waals surface area contributed by atoms with Gasteiger partial charge in [0.2, 0.25) is 11.8 Å². The van der Waals surface area contributed by atoms with Crippen molar-refractivity contribution in [2.75, 3.05) is 24.2 Å². The summed E-state index contributed by atoms with van der Waals surface area (Å²) < 4.78 is 13.2. The lowest BCUT2D eigenvalue weighted by atomic mass is 10.1. The third-order valence-electron chi connectivity index (χ3n) is 4.56. The Bertz CT molecular complexity index is 1010. The summed E-state index contributed by atoms with van der Waals surface area (Å²) in [5.41, 5.74) is 1.08. The van der Waals surface area contributed by atoms with Crippen molar-refractivity contribution in [1.29, 1.82) is 0 Å². The Labute approximate surface area is 163 Å². The van der Waals surface area contributed by atoms with E-state index in [9.17, 15) is 14.0 Å². The normalized spacial score (nSPS) is 12.0. The van der Waals surface area contributed by atoms with Crippen molar-refractivity contribution in [1.82, 2.24) is 4.90 Å². The number of nitrogens with zero attached hydrogens (tertiary/aromatic N) is 1. The van der Waals surface area contributed by atoms with E-state index in [-0.39, 0.29) is 18.4 Å². The third kappa shape index (κ3) is 4.92. The molecule has 2 N–H and O–H groups in total. The molecule has 28 heavy (non-hydrogen) atoms. The fourth-order valence-corrected chi connectivity index (χ4v) is 2.84. The lowest BCUT2D eigenvalue weighted by Crippen LogP contribution is -2.43. The number of anilines is 2. The van der Waals surface area contributed by atoms with Crippen LogP contribution in [0, 0.1) is 5.82 Å². The molecule has 0 saturated heterocycles. The summed E-state index contributed by atoms with van der Waals surface area (Å²) in [5.74, 6) is -0.955. The number of hydrogen-bond donors (Lipinski definition) is 2. The average Bonchev–Trinajstić information content (AvgIpc) is 2.67. The van der Waals surface area contributed by atoms with Crippen LogP contribution in [0.3, 0.4) is 0 Å². The summed E-state index contributed by atoms with van der Waals surface area (Å²) in [5, 5.41) is 7.64. The predicted octanol–water partition coefficient (Wildman–Crippen LogP) is 3.88. The van der Waals surface area contributed by atoms with Crippen molar-refractivity contribution in [2.45, 2.75) is 13.0 Å². The summed E-state index contributed by atoms with van der Waals surface area (Å²) in [6.45, 7) is 1.73. The summed E-state index contributed by atoms with van der Waals surface area (Å²) in [6.07, 6.45) is 0. The van der Waals surface area contributed by atoms with Crippen LogP contribution >= 0.6 is 0 Å². The molecule has 0 radical (unpaired) electrons. The first kappa shape index (κ1) is 19.5. The summed E-state index contributed by atoms with van der Waals surface area (Å²) in [6, 6.07) is 18.8. The Morgan fingerprint density at radius 1 is 0.929 bits per heavy atom. The van der Waals surface area contributed by atoms with E-state index in [2.05, 4.69) is 10.6 Å². The van der Waals surface area contributed by atoms with Gasteiger partial charge in [-0.1, -0.05) is 36.4 Å². The van der Waals surface area contributed by atoms with Crippen LogP contribution in [0.4, 0.5) is 15.8 Å². The zero-order valence-electron chi connectivity index (χ0n) is 15.8. The SMILES string of the molecule is C[C@H](C(=O)Nc1ccc2ccccc2c1)N(C)CC(=O)Nc1cccc(F)c1. The molecule has 1 atom stereocenters. The minimum atomic E-state index is -0.523. The van der Waals surface area contributed by atoms with Crippen LogP contribution in [-0.2, 0) is 9.59 Å². The van der Waals surface area contributed by atoms with Crippen LogP contribution in [0.25, 0.3) is 10.8 Å². The monoisotopic (exact) mass is 379 g/mol. The fourth-order valence-electron chi connectivity index (χ4n) is 2.84. The number of rotatable bonds is 6. The quantitative estimate of drug-likeness (QED) is 0.683. The molecule has 0 fully saturated rings. The smallest absolute Gasteiger partial charge is 0.241 e. The second kappa shape index (κ2) is 8.63.